The van der Waals surface area contributed by atoms with Crippen LogP contribution in [0.2, 0.25) is 0 Å². The largest absolute Gasteiger partial charge is 0.297 e. The minimum atomic E-state index is -3.49. The summed E-state index contributed by atoms with van der Waals surface area (Å²) in [5.74, 6) is -0.0188. The lowest BCUT2D eigenvalue weighted by atomic mass is 9.94. The molecule has 0 amide bonds. The van der Waals surface area contributed by atoms with E-state index in [9.17, 15) is 8.42 Å². The molecule has 1 aliphatic heterocycles. The monoisotopic (exact) mass is 386 g/mol. The lowest BCUT2D eigenvalue weighted by Crippen LogP contribution is -2.50. The van der Waals surface area contributed by atoms with Crippen molar-refractivity contribution < 1.29 is 13.3 Å². The van der Waals surface area contributed by atoms with Gasteiger partial charge in [-0.2, -0.15) is 9.79 Å². The molecule has 0 unspecified atom stereocenters. The molecule has 1 saturated heterocycles. The van der Waals surface area contributed by atoms with E-state index >= 15 is 0 Å². The first-order valence-electron chi connectivity index (χ1n) is 9.11. The van der Waals surface area contributed by atoms with Gasteiger partial charge in [0.2, 0.25) is 10.0 Å². The highest BCUT2D eigenvalue weighted by Crippen LogP contribution is 2.25. The van der Waals surface area contributed by atoms with Crippen LogP contribution in [0.3, 0.4) is 0 Å². The standard InChI is InChI=1S/C21H26N2O3S/c1-3-19-15-23(27(24,25)20-11-9-17(2)10-12-20)14-13-21(19)22-26-16-18-7-5-4-6-8-18/h3-12,19,21-22H,1,13-16H2,2H3/t19-,21-/m1/s1. The quantitative estimate of drug-likeness (QED) is 0.586. The minimum Gasteiger partial charge on any atom is -0.297 e. The van der Waals surface area contributed by atoms with Crippen molar-refractivity contribution in [1.82, 2.24) is 9.79 Å². The van der Waals surface area contributed by atoms with Crippen LogP contribution in [0, 0.1) is 12.8 Å². The third-order valence-electron chi connectivity index (χ3n) is 4.90. The molecule has 27 heavy (non-hydrogen) atoms. The summed E-state index contributed by atoms with van der Waals surface area (Å²) in [5.41, 5.74) is 5.22. The smallest absolute Gasteiger partial charge is 0.243 e. The van der Waals surface area contributed by atoms with Gasteiger partial charge in [0.25, 0.3) is 0 Å². The number of piperidine rings is 1. The fourth-order valence-corrected chi connectivity index (χ4v) is 4.71. The highest BCUT2D eigenvalue weighted by molar-refractivity contribution is 7.89. The first kappa shape index (κ1) is 19.8. The summed E-state index contributed by atoms with van der Waals surface area (Å²) < 4.78 is 27.4. The lowest BCUT2D eigenvalue weighted by Gasteiger charge is -2.36. The number of hydroxylamine groups is 1. The van der Waals surface area contributed by atoms with E-state index < -0.39 is 10.0 Å². The molecular formula is C21H26N2O3S. The van der Waals surface area contributed by atoms with E-state index in [4.69, 9.17) is 4.84 Å². The Morgan fingerprint density at radius 2 is 1.89 bits per heavy atom. The van der Waals surface area contributed by atoms with Crippen molar-refractivity contribution in [2.45, 2.75) is 30.9 Å². The summed E-state index contributed by atoms with van der Waals surface area (Å²) in [6.07, 6.45) is 2.47. The Bertz CT molecular complexity index is 851. The molecule has 0 saturated carbocycles. The predicted molar refractivity (Wildman–Crippen MR) is 106 cm³/mol. The van der Waals surface area contributed by atoms with Gasteiger partial charge in [-0.1, -0.05) is 54.1 Å². The van der Waals surface area contributed by atoms with Gasteiger partial charge in [0, 0.05) is 25.0 Å². The van der Waals surface area contributed by atoms with Crippen LogP contribution < -0.4 is 5.48 Å². The zero-order valence-corrected chi connectivity index (χ0v) is 16.4. The molecule has 5 nitrogen and oxygen atoms in total. The number of rotatable bonds is 7. The van der Waals surface area contributed by atoms with Crippen molar-refractivity contribution in [3.8, 4) is 0 Å². The fraction of sp³-hybridized carbons (Fsp3) is 0.333. The lowest BCUT2D eigenvalue weighted by molar-refractivity contribution is -0.0168. The Balaban J connectivity index is 1.60. The van der Waals surface area contributed by atoms with Crippen LogP contribution in [0.25, 0.3) is 0 Å². The Labute approximate surface area is 161 Å². The van der Waals surface area contributed by atoms with E-state index in [1.54, 1.807) is 22.5 Å². The average Bonchev–Trinajstić information content (AvgIpc) is 2.69. The van der Waals surface area contributed by atoms with Crippen molar-refractivity contribution in [3.63, 3.8) is 0 Å². The summed E-state index contributed by atoms with van der Waals surface area (Å²) in [6, 6.07) is 16.9. The van der Waals surface area contributed by atoms with Crippen LogP contribution in [0.15, 0.2) is 72.1 Å². The molecule has 0 aliphatic carbocycles. The van der Waals surface area contributed by atoms with Gasteiger partial charge in [0.05, 0.1) is 11.5 Å². The topological polar surface area (TPSA) is 58.6 Å². The van der Waals surface area contributed by atoms with Gasteiger partial charge < -0.3 is 0 Å². The second-order valence-electron chi connectivity index (χ2n) is 6.86. The first-order valence-corrected chi connectivity index (χ1v) is 10.6. The van der Waals surface area contributed by atoms with Crippen LogP contribution >= 0.6 is 0 Å². The molecule has 0 aromatic heterocycles. The van der Waals surface area contributed by atoms with Crippen LogP contribution in [0.4, 0.5) is 0 Å². The molecule has 1 N–H and O–H groups in total. The van der Waals surface area contributed by atoms with Crippen LogP contribution in [0.1, 0.15) is 17.5 Å². The fourth-order valence-electron chi connectivity index (χ4n) is 3.22. The second-order valence-corrected chi connectivity index (χ2v) is 8.80. The molecule has 144 valence electrons. The molecule has 2 aromatic rings. The molecule has 2 atom stereocenters. The zero-order valence-electron chi connectivity index (χ0n) is 15.5. The van der Waals surface area contributed by atoms with Crippen molar-refractivity contribution >= 4 is 10.0 Å². The van der Waals surface area contributed by atoms with Crippen LogP contribution in [0.5, 0.6) is 0 Å². The number of hydrogen-bond donors (Lipinski definition) is 1. The van der Waals surface area contributed by atoms with Crippen LogP contribution in [-0.2, 0) is 21.5 Å². The Hall–Kier alpha value is -1.99. The summed E-state index contributed by atoms with van der Waals surface area (Å²) in [6.45, 7) is 7.14. The third kappa shape index (κ3) is 4.84. The van der Waals surface area contributed by atoms with E-state index in [2.05, 4.69) is 12.1 Å². The first-order chi connectivity index (χ1) is 13.0. The highest BCUT2D eigenvalue weighted by Gasteiger charge is 2.34. The van der Waals surface area contributed by atoms with Gasteiger partial charge in [0.1, 0.15) is 0 Å². The maximum atomic E-state index is 12.9. The second kappa shape index (κ2) is 8.80. The SMILES string of the molecule is C=C[C@@H]1CN(S(=O)(=O)c2ccc(C)cc2)CC[C@H]1NOCc1ccccc1. The van der Waals surface area contributed by atoms with E-state index in [1.807, 2.05) is 49.4 Å². The zero-order chi connectivity index (χ0) is 19.3. The van der Waals surface area contributed by atoms with E-state index in [0.717, 1.165) is 11.1 Å². The van der Waals surface area contributed by atoms with Gasteiger partial charge in [0.15, 0.2) is 0 Å². The van der Waals surface area contributed by atoms with E-state index in [-0.39, 0.29) is 12.0 Å². The molecule has 2 aromatic carbocycles. The molecular weight excluding hydrogens is 360 g/mol. The van der Waals surface area contributed by atoms with Gasteiger partial charge in [-0.05, 0) is 31.0 Å². The number of hydrogen-bond acceptors (Lipinski definition) is 4. The van der Waals surface area contributed by atoms with Crippen molar-refractivity contribution in [3.05, 3.63) is 78.4 Å². The maximum absolute atomic E-state index is 12.9. The normalized spacial score (nSPS) is 21.1. The van der Waals surface area contributed by atoms with Crippen LogP contribution in [-0.4, -0.2) is 31.9 Å². The van der Waals surface area contributed by atoms with Gasteiger partial charge in [-0.25, -0.2) is 8.42 Å². The predicted octanol–water partition coefficient (Wildman–Crippen LogP) is 3.28. The molecule has 0 bridgehead atoms. The van der Waals surface area contributed by atoms with Crippen molar-refractivity contribution in [1.29, 1.82) is 0 Å². The Morgan fingerprint density at radius 1 is 1.19 bits per heavy atom. The summed E-state index contributed by atoms with van der Waals surface area (Å²) in [7, 11) is -3.49. The Kier molecular flexibility index (Phi) is 6.44. The summed E-state index contributed by atoms with van der Waals surface area (Å²) in [4.78, 5) is 5.98. The molecule has 3 rings (SSSR count). The van der Waals surface area contributed by atoms with Gasteiger partial charge in [-0.15, -0.1) is 6.58 Å². The molecule has 0 spiro atoms. The van der Waals surface area contributed by atoms with Crippen molar-refractivity contribution in [2.24, 2.45) is 5.92 Å². The Morgan fingerprint density at radius 3 is 2.56 bits per heavy atom. The highest BCUT2D eigenvalue weighted by atomic mass is 32.2. The maximum Gasteiger partial charge on any atom is 0.243 e. The minimum absolute atomic E-state index is 0.0188. The summed E-state index contributed by atoms with van der Waals surface area (Å²) >= 11 is 0. The molecule has 1 heterocycles. The molecule has 1 aliphatic rings. The number of aryl methyl sites for hydroxylation is 1. The number of nitrogens with one attached hydrogen (secondary N) is 1. The van der Waals surface area contributed by atoms with Gasteiger partial charge >= 0.3 is 0 Å². The van der Waals surface area contributed by atoms with E-state index in [0.29, 0.717) is 31.0 Å². The molecule has 1 fully saturated rings. The summed E-state index contributed by atoms with van der Waals surface area (Å²) in [5, 5.41) is 0. The third-order valence-corrected chi connectivity index (χ3v) is 6.78. The van der Waals surface area contributed by atoms with Gasteiger partial charge in [-0.3, -0.25) is 4.84 Å². The van der Waals surface area contributed by atoms with Crippen molar-refractivity contribution in [2.75, 3.05) is 13.1 Å². The molecule has 6 heteroatoms. The van der Waals surface area contributed by atoms with E-state index in [1.165, 1.54) is 0 Å². The number of sulfonamides is 1. The average molecular weight is 387 g/mol. The molecule has 0 radical (unpaired) electrons. The number of nitrogens with zero attached hydrogens (tertiary/aromatic N) is 1. The number of benzene rings is 2.